The van der Waals surface area contributed by atoms with E-state index in [9.17, 15) is 4.39 Å². The fourth-order valence-electron chi connectivity index (χ4n) is 2.51. The predicted octanol–water partition coefficient (Wildman–Crippen LogP) is 4.97. The van der Waals surface area contributed by atoms with Crippen LogP contribution in [0.4, 0.5) is 4.39 Å². The number of furan rings is 1. The molecule has 0 spiro atoms. The molecule has 1 unspecified atom stereocenters. The van der Waals surface area contributed by atoms with Gasteiger partial charge in [-0.3, -0.25) is 0 Å². The van der Waals surface area contributed by atoms with Crippen molar-refractivity contribution in [2.24, 2.45) is 5.41 Å². The summed E-state index contributed by atoms with van der Waals surface area (Å²) in [4.78, 5) is 0. The van der Waals surface area contributed by atoms with E-state index in [1.165, 1.54) is 6.07 Å². The summed E-state index contributed by atoms with van der Waals surface area (Å²) in [6.07, 6.45) is 1.06. The Morgan fingerprint density at radius 3 is 2.55 bits per heavy atom. The van der Waals surface area contributed by atoms with Crippen LogP contribution in [0, 0.1) is 18.2 Å². The normalized spacial score (nSPS) is 13.9. The zero-order valence-corrected chi connectivity index (χ0v) is 13.0. The minimum absolute atomic E-state index is 0.00737. The van der Waals surface area contributed by atoms with E-state index >= 15 is 0 Å². The maximum atomic E-state index is 13.9. The molecule has 0 fully saturated rings. The van der Waals surface area contributed by atoms with Gasteiger partial charge >= 0.3 is 0 Å². The number of halogens is 1. The summed E-state index contributed by atoms with van der Waals surface area (Å²) in [5.41, 5.74) is 1.64. The number of fused-ring (bicyclic) bond motifs is 1. The molecule has 1 atom stereocenters. The SMILES string of the molecule is CCCNC(c1cc2c(F)ccc(C)c2o1)C(C)(C)C. The monoisotopic (exact) mass is 277 g/mol. The number of nitrogens with one attached hydrogen (secondary N) is 1. The van der Waals surface area contributed by atoms with E-state index in [4.69, 9.17) is 4.42 Å². The van der Waals surface area contributed by atoms with Crippen molar-refractivity contribution in [1.29, 1.82) is 0 Å². The lowest BCUT2D eigenvalue weighted by Crippen LogP contribution is -2.32. The first kappa shape index (κ1) is 15.0. The zero-order valence-electron chi connectivity index (χ0n) is 13.0. The van der Waals surface area contributed by atoms with Gasteiger partial charge in [0.15, 0.2) is 0 Å². The highest BCUT2D eigenvalue weighted by molar-refractivity contribution is 5.81. The Morgan fingerprint density at radius 1 is 1.30 bits per heavy atom. The summed E-state index contributed by atoms with van der Waals surface area (Å²) >= 11 is 0. The van der Waals surface area contributed by atoms with Crippen LogP contribution in [0.2, 0.25) is 0 Å². The van der Waals surface area contributed by atoms with Gasteiger partial charge in [-0.2, -0.15) is 0 Å². The summed E-state index contributed by atoms with van der Waals surface area (Å²) in [5.74, 6) is 0.595. The smallest absolute Gasteiger partial charge is 0.140 e. The summed E-state index contributed by atoms with van der Waals surface area (Å²) in [5, 5.41) is 4.09. The Morgan fingerprint density at radius 2 is 2.00 bits per heavy atom. The van der Waals surface area contributed by atoms with E-state index < -0.39 is 0 Å². The second-order valence-corrected chi connectivity index (χ2v) is 6.51. The number of rotatable bonds is 4. The van der Waals surface area contributed by atoms with E-state index in [2.05, 4.69) is 33.0 Å². The van der Waals surface area contributed by atoms with Crippen LogP contribution in [0.15, 0.2) is 22.6 Å². The lowest BCUT2D eigenvalue weighted by molar-refractivity contribution is 0.241. The van der Waals surface area contributed by atoms with Crippen molar-refractivity contribution < 1.29 is 8.81 Å². The van der Waals surface area contributed by atoms with Crippen molar-refractivity contribution >= 4 is 11.0 Å². The largest absolute Gasteiger partial charge is 0.459 e. The van der Waals surface area contributed by atoms with Gasteiger partial charge in [0.1, 0.15) is 17.2 Å². The van der Waals surface area contributed by atoms with Crippen molar-refractivity contribution in [1.82, 2.24) is 5.32 Å². The maximum absolute atomic E-state index is 13.9. The molecule has 0 aliphatic heterocycles. The second kappa shape index (κ2) is 5.57. The molecule has 1 aromatic heterocycles. The number of hydrogen-bond donors (Lipinski definition) is 1. The van der Waals surface area contributed by atoms with Gasteiger partial charge in [0.2, 0.25) is 0 Å². The topological polar surface area (TPSA) is 25.2 Å². The maximum Gasteiger partial charge on any atom is 0.140 e. The minimum Gasteiger partial charge on any atom is -0.459 e. The van der Waals surface area contributed by atoms with E-state index in [1.807, 2.05) is 13.0 Å². The van der Waals surface area contributed by atoms with Crippen molar-refractivity contribution in [3.8, 4) is 0 Å². The molecule has 20 heavy (non-hydrogen) atoms. The molecule has 0 saturated heterocycles. The van der Waals surface area contributed by atoms with Crippen molar-refractivity contribution in [2.45, 2.75) is 47.1 Å². The molecular formula is C17H24FNO. The minimum atomic E-state index is -0.219. The Hall–Kier alpha value is -1.35. The molecule has 2 nitrogen and oxygen atoms in total. The van der Waals surface area contributed by atoms with Crippen LogP contribution < -0.4 is 5.32 Å². The molecule has 2 rings (SSSR count). The number of hydrogen-bond acceptors (Lipinski definition) is 2. The Bertz CT molecular complexity index is 556. The highest BCUT2D eigenvalue weighted by atomic mass is 19.1. The van der Waals surface area contributed by atoms with Crippen LogP contribution in [0.3, 0.4) is 0 Å². The lowest BCUT2D eigenvalue weighted by atomic mass is 9.85. The summed E-state index contributed by atoms with van der Waals surface area (Å²) in [6.45, 7) is 11.5. The third-order valence-corrected chi connectivity index (χ3v) is 3.60. The van der Waals surface area contributed by atoms with Gasteiger partial charge in [0.25, 0.3) is 0 Å². The highest BCUT2D eigenvalue weighted by Gasteiger charge is 2.29. The molecule has 0 bridgehead atoms. The number of benzene rings is 1. The molecule has 110 valence electrons. The molecule has 3 heteroatoms. The van der Waals surface area contributed by atoms with E-state index in [0.29, 0.717) is 11.0 Å². The zero-order chi connectivity index (χ0) is 14.9. The van der Waals surface area contributed by atoms with Crippen LogP contribution >= 0.6 is 0 Å². The first-order valence-corrected chi connectivity index (χ1v) is 7.26. The number of aryl methyl sites for hydroxylation is 1. The van der Waals surface area contributed by atoms with Gasteiger partial charge in [0, 0.05) is 0 Å². The Kier molecular flexibility index (Phi) is 4.19. The van der Waals surface area contributed by atoms with Gasteiger partial charge in [-0.1, -0.05) is 33.8 Å². The molecule has 2 aromatic rings. The van der Waals surface area contributed by atoms with Crippen LogP contribution in [0.1, 0.15) is 51.5 Å². The molecule has 1 aromatic carbocycles. The van der Waals surface area contributed by atoms with Crippen molar-refractivity contribution in [3.63, 3.8) is 0 Å². The van der Waals surface area contributed by atoms with Crippen LogP contribution in [0.25, 0.3) is 11.0 Å². The van der Waals surface area contributed by atoms with E-state index in [0.717, 1.165) is 24.3 Å². The Labute approximate surface area is 120 Å². The summed E-state index contributed by atoms with van der Waals surface area (Å²) in [6, 6.07) is 5.18. The molecule has 1 heterocycles. The van der Waals surface area contributed by atoms with E-state index in [1.54, 1.807) is 6.07 Å². The predicted molar refractivity (Wildman–Crippen MR) is 81.4 cm³/mol. The van der Waals surface area contributed by atoms with Crippen LogP contribution in [-0.2, 0) is 0 Å². The van der Waals surface area contributed by atoms with Crippen LogP contribution in [0.5, 0.6) is 0 Å². The second-order valence-electron chi connectivity index (χ2n) is 6.51. The lowest BCUT2D eigenvalue weighted by Gasteiger charge is -2.30. The summed E-state index contributed by atoms with van der Waals surface area (Å²) in [7, 11) is 0. The average molecular weight is 277 g/mol. The van der Waals surface area contributed by atoms with Crippen molar-refractivity contribution in [3.05, 3.63) is 35.3 Å². The molecule has 0 aliphatic rings. The molecular weight excluding hydrogens is 253 g/mol. The molecule has 1 N–H and O–H groups in total. The van der Waals surface area contributed by atoms with Crippen LogP contribution in [-0.4, -0.2) is 6.54 Å². The fraction of sp³-hybridized carbons (Fsp3) is 0.529. The van der Waals surface area contributed by atoms with Gasteiger partial charge in [0.05, 0.1) is 11.4 Å². The molecule has 0 saturated carbocycles. The third-order valence-electron chi connectivity index (χ3n) is 3.60. The molecule has 0 radical (unpaired) electrons. The molecule has 0 amide bonds. The molecule has 0 aliphatic carbocycles. The van der Waals surface area contributed by atoms with Crippen molar-refractivity contribution in [2.75, 3.05) is 6.54 Å². The van der Waals surface area contributed by atoms with Gasteiger partial charge in [-0.15, -0.1) is 0 Å². The standard InChI is InChI=1S/C17H24FNO/c1-6-9-19-16(17(3,4)5)14-10-12-13(18)8-7-11(2)15(12)20-14/h7-8,10,16,19H,6,9H2,1-5H3. The van der Waals surface area contributed by atoms with Gasteiger partial charge < -0.3 is 9.73 Å². The highest BCUT2D eigenvalue weighted by Crippen LogP contribution is 2.37. The quantitative estimate of drug-likeness (QED) is 0.853. The van der Waals surface area contributed by atoms with Gasteiger partial charge in [-0.25, -0.2) is 4.39 Å². The fourth-order valence-corrected chi connectivity index (χ4v) is 2.51. The average Bonchev–Trinajstić information content (AvgIpc) is 2.79. The summed E-state index contributed by atoms with van der Waals surface area (Å²) < 4.78 is 19.9. The first-order valence-electron chi connectivity index (χ1n) is 7.26. The Balaban J connectivity index is 2.49. The third kappa shape index (κ3) is 2.88. The first-order chi connectivity index (χ1) is 9.34. The van der Waals surface area contributed by atoms with E-state index in [-0.39, 0.29) is 17.3 Å². The van der Waals surface area contributed by atoms with Gasteiger partial charge in [-0.05, 0) is 43.0 Å².